The van der Waals surface area contributed by atoms with Gasteiger partial charge >= 0.3 is 0 Å². The van der Waals surface area contributed by atoms with Crippen LogP contribution in [0, 0.1) is 0 Å². The second-order valence-corrected chi connectivity index (χ2v) is 6.01. The summed E-state index contributed by atoms with van der Waals surface area (Å²) in [6.45, 7) is 0.175. The lowest BCUT2D eigenvalue weighted by atomic mass is 10.0. The molecule has 4 aromatic rings. The van der Waals surface area contributed by atoms with E-state index in [-0.39, 0.29) is 12.5 Å². The first-order valence-corrected chi connectivity index (χ1v) is 8.61. The highest BCUT2D eigenvalue weighted by molar-refractivity contribution is 5.95. The van der Waals surface area contributed by atoms with E-state index in [2.05, 4.69) is 15.5 Å². The van der Waals surface area contributed by atoms with E-state index in [1.54, 1.807) is 6.07 Å². The molecule has 0 saturated carbocycles. The Labute approximate surface area is 156 Å². The van der Waals surface area contributed by atoms with Gasteiger partial charge in [0.25, 0.3) is 5.91 Å². The normalized spacial score (nSPS) is 10.5. The average molecular weight is 355 g/mol. The van der Waals surface area contributed by atoms with Crippen molar-refractivity contribution in [3.05, 3.63) is 96.4 Å². The lowest BCUT2D eigenvalue weighted by Crippen LogP contribution is -2.22. The molecule has 5 heteroatoms. The van der Waals surface area contributed by atoms with Crippen LogP contribution in [0.1, 0.15) is 16.2 Å². The number of carbonyl (C=O) groups excluding carboxylic acids is 1. The number of rotatable bonds is 5. The molecule has 0 atom stereocenters. The van der Waals surface area contributed by atoms with Crippen molar-refractivity contribution in [3.63, 3.8) is 0 Å². The quantitative estimate of drug-likeness (QED) is 0.578. The predicted molar refractivity (Wildman–Crippen MR) is 103 cm³/mol. The molecule has 0 unspecified atom stereocenters. The molecule has 1 amide bonds. The Bertz CT molecular complexity index is 1040. The summed E-state index contributed by atoms with van der Waals surface area (Å²) in [5.74, 6) is 0.680. The minimum atomic E-state index is -0.188. The van der Waals surface area contributed by atoms with Gasteiger partial charge in [-0.3, -0.25) is 4.79 Å². The number of hydrogen-bond donors (Lipinski definition) is 1. The maximum atomic E-state index is 12.5. The molecule has 132 valence electrons. The van der Waals surface area contributed by atoms with Crippen molar-refractivity contribution in [3.8, 4) is 22.5 Å². The van der Waals surface area contributed by atoms with Crippen molar-refractivity contribution < 1.29 is 9.32 Å². The first-order valence-electron chi connectivity index (χ1n) is 8.61. The molecule has 1 heterocycles. The second kappa shape index (κ2) is 7.66. The number of carbonyl (C=O) groups is 1. The first-order chi connectivity index (χ1) is 13.3. The molecule has 27 heavy (non-hydrogen) atoms. The fourth-order valence-electron chi connectivity index (χ4n) is 2.76. The van der Waals surface area contributed by atoms with Crippen LogP contribution in [0.5, 0.6) is 0 Å². The predicted octanol–water partition coefficient (Wildman–Crippen LogP) is 4.33. The molecule has 1 aromatic heterocycles. The standard InChI is InChI=1S/C22H17N3O2/c26-22(19-13-7-12-18(14-19)16-8-3-1-4-9-16)23-15-20-24-21(25-27-20)17-10-5-2-6-11-17/h1-14H,15H2,(H,23,26). The van der Waals surface area contributed by atoms with Crippen molar-refractivity contribution in [2.24, 2.45) is 0 Å². The zero-order valence-corrected chi connectivity index (χ0v) is 14.5. The fraction of sp³-hybridized carbons (Fsp3) is 0.0455. The highest BCUT2D eigenvalue weighted by Gasteiger charge is 2.11. The van der Waals surface area contributed by atoms with Crippen molar-refractivity contribution >= 4 is 5.91 Å². The Morgan fingerprint density at radius 3 is 2.22 bits per heavy atom. The summed E-state index contributed by atoms with van der Waals surface area (Å²) in [5, 5.41) is 6.78. The molecule has 0 fully saturated rings. The van der Waals surface area contributed by atoms with E-state index in [4.69, 9.17) is 4.52 Å². The van der Waals surface area contributed by atoms with E-state index < -0.39 is 0 Å². The minimum absolute atomic E-state index is 0.175. The van der Waals surface area contributed by atoms with E-state index in [1.807, 2.05) is 78.9 Å². The van der Waals surface area contributed by atoms with Crippen LogP contribution in [0.2, 0.25) is 0 Å². The summed E-state index contributed by atoms with van der Waals surface area (Å²) >= 11 is 0. The summed E-state index contributed by atoms with van der Waals surface area (Å²) in [4.78, 5) is 16.8. The van der Waals surface area contributed by atoms with Crippen molar-refractivity contribution in [2.75, 3.05) is 0 Å². The van der Waals surface area contributed by atoms with Crippen LogP contribution in [-0.4, -0.2) is 16.0 Å². The Kier molecular flexibility index (Phi) is 4.74. The van der Waals surface area contributed by atoms with Crippen molar-refractivity contribution in [1.82, 2.24) is 15.5 Å². The highest BCUT2D eigenvalue weighted by atomic mass is 16.5. The summed E-state index contributed by atoms with van der Waals surface area (Å²) in [5.41, 5.74) is 3.51. The maximum Gasteiger partial charge on any atom is 0.251 e. The molecular weight excluding hydrogens is 338 g/mol. The molecule has 0 aliphatic rings. The SMILES string of the molecule is O=C(NCc1nc(-c2ccccc2)no1)c1cccc(-c2ccccc2)c1. The van der Waals surface area contributed by atoms with E-state index in [1.165, 1.54) is 0 Å². The van der Waals surface area contributed by atoms with Crippen LogP contribution in [-0.2, 0) is 6.54 Å². The molecular formula is C22H17N3O2. The molecule has 3 aromatic carbocycles. The van der Waals surface area contributed by atoms with Crippen LogP contribution in [0.4, 0.5) is 0 Å². The number of aromatic nitrogens is 2. The largest absolute Gasteiger partial charge is 0.343 e. The number of benzene rings is 3. The second-order valence-electron chi connectivity index (χ2n) is 6.01. The Morgan fingerprint density at radius 2 is 1.48 bits per heavy atom. The van der Waals surface area contributed by atoms with Crippen LogP contribution >= 0.6 is 0 Å². The Balaban J connectivity index is 1.44. The van der Waals surface area contributed by atoms with Gasteiger partial charge in [0.15, 0.2) is 0 Å². The van der Waals surface area contributed by atoms with Gasteiger partial charge in [-0.05, 0) is 23.3 Å². The molecule has 0 aliphatic heterocycles. The molecule has 0 bridgehead atoms. The smallest absolute Gasteiger partial charge is 0.251 e. The Hall–Kier alpha value is -3.73. The Morgan fingerprint density at radius 1 is 0.815 bits per heavy atom. The zero-order valence-electron chi connectivity index (χ0n) is 14.5. The molecule has 4 rings (SSSR count). The lowest BCUT2D eigenvalue weighted by Gasteiger charge is -2.06. The van der Waals surface area contributed by atoms with Gasteiger partial charge in [-0.1, -0.05) is 78.0 Å². The van der Waals surface area contributed by atoms with E-state index in [0.717, 1.165) is 16.7 Å². The van der Waals surface area contributed by atoms with Gasteiger partial charge < -0.3 is 9.84 Å². The summed E-state index contributed by atoms with van der Waals surface area (Å²) in [7, 11) is 0. The third-order valence-electron chi connectivity index (χ3n) is 4.13. The summed E-state index contributed by atoms with van der Waals surface area (Å²) < 4.78 is 5.22. The third kappa shape index (κ3) is 3.93. The summed E-state index contributed by atoms with van der Waals surface area (Å²) in [6.07, 6.45) is 0. The van der Waals surface area contributed by atoms with Gasteiger partial charge in [-0.25, -0.2) is 0 Å². The monoisotopic (exact) mass is 355 g/mol. The molecule has 0 saturated heterocycles. The highest BCUT2D eigenvalue weighted by Crippen LogP contribution is 2.20. The molecule has 5 nitrogen and oxygen atoms in total. The number of nitrogens with zero attached hydrogens (tertiary/aromatic N) is 2. The number of hydrogen-bond acceptors (Lipinski definition) is 4. The summed E-state index contributed by atoms with van der Waals surface area (Å²) in [6, 6.07) is 27.0. The van der Waals surface area contributed by atoms with Gasteiger partial charge in [0, 0.05) is 11.1 Å². The van der Waals surface area contributed by atoms with Gasteiger partial charge in [-0.15, -0.1) is 0 Å². The molecule has 0 aliphatic carbocycles. The van der Waals surface area contributed by atoms with Gasteiger partial charge in [0.2, 0.25) is 11.7 Å². The van der Waals surface area contributed by atoms with Crippen LogP contribution < -0.4 is 5.32 Å². The van der Waals surface area contributed by atoms with Crippen molar-refractivity contribution in [2.45, 2.75) is 6.54 Å². The van der Waals surface area contributed by atoms with Crippen LogP contribution in [0.25, 0.3) is 22.5 Å². The number of nitrogens with one attached hydrogen (secondary N) is 1. The molecule has 0 radical (unpaired) electrons. The third-order valence-corrected chi connectivity index (χ3v) is 4.13. The maximum absolute atomic E-state index is 12.5. The van der Waals surface area contributed by atoms with Crippen molar-refractivity contribution in [1.29, 1.82) is 0 Å². The number of amides is 1. The fourth-order valence-corrected chi connectivity index (χ4v) is 2.76. The van der Waals surface area contributed by atoms with Gasteiger partial charge in [0.05, 0.1) is 6.54 Å². The molecule has 1 N–H and O–H groups in total. The van der Waals surface area contributed by atoms with E-state index in [9.17, 15) is 4.79 Å². The zero-order chi connectivity index (χ0) is 18.5. The van der Waals surface area contributed by atoms with Gasteiger partial charge in [-0.2, -0.15) is 4.98 Å². The molecule has 0 spiro atoms. The lowest BCUT2D eigenvalue weighted by molar-refractivity contribution is 0.0946. The minimum Gasteiger partial charge on any atom is -0.343 e. The van der Waals surface area contributed by atoms with E-state index in [0.29, 0.717) is 17.3 Å². The van der Waals surface area contributed by atoms with Crippen LogP contribution in [0.15, 0.2) is 89.5 Å². The topological polar surface area (TPSA) is 68.0 Å². The van der Waals surface area contributed by atoms with Gasteiger partial charge in [0.1, 0.15) is 0 Å². The average Bonchev–Trinajstić information content (AvgIpc) is 3.22. The first kappa shape index (κ1) is 16.7. The van der Waals surface area contributed by atoms with Crippen LogP contribution in [0.3, 0.4) is 0 Å². The van der Waals surface area contributed by atoms with E-state index >= 15 is 0 Å².